The Kier molecular flexibility index (Phi) is 13.0. The number of benzene rings is 1. The highest BCUT2D eigenvalue weighted by Gasteiger charge is 2.42. The molecule has 0 radical (unpaired) electrons. The Labute approximate surface area is 377 Å². The van der Waals surface area contributed by atoms with Gasteiger partial charge in [-0.05, 0) is 75.3 Å². The number of carbonyl (C=O) groups is 4. The third-order valence-electron chi connectivity index (χ3n) is 13.1. The molecule has 4 saturated heterocycles. The number of amides is 4. The van der Waals surface area contributed by atoms with Gasteiger partial charge in [-0.1, -0.05) is 0 Å². The lowest BCUT2D eigenvalue weighted by molar-refractivity contribution is -0.137. The number of aromatic amines is 2. The van der Waals surface area contributed by atoms with Crippen LogP contribution in [-0.4, -0.2) is 134 Å². The molecule has 4 fully saturated rings. The fraction of sp³-hybridized carbons (Fsp3) is 0.545. The molecular formula is C44H54N8O10S2. The van der Waals surface area contributed by atoms with Gasteiger partial charge in [0.1, 0.15) is 35.2 Å². The number of alkyl carbamates (subject to hydrolysis) is 2. The molecule has 8 heterocycles. The Hall–Kier alpha value is -5.44. The topological polar surface area (TPSA) is 212 Å². The number of H-pyrrole nitrogens is 2. The molecule has 0 aliphatic carbocycles. The fourth-order valence-electron chi connectivity index (χ4n) is 9.85. The minimum Gasteiger partial charge on any atom is -0.495 e. The van der Waals surface area contributed by atoms with E-state index >= 15 is 0 Å². The third-order valence-corrected chi connectivity index (χ3v) is 15.5. The maximum absolute atomic E-state index is 14.1. The molecule has 0 spiro atoms. The van der Waals surface area contributed by atoms with Gasteiger partial charge in [-0.2, -0.15) is 0 Å². The molecule has 18 nitrogen and oxygen atoms in total. The van der Waals surface area contributed by atoms with E-state index in [1.807, 2.05) is 9.80 Å². The maximum Gasteiger partial charge on any atom is 0.407 e. The summed E-state index contributed by atoms with van der Waals surface area (Å²) < 4.78 is 35.0. The summed E-state index contributed by atoms with van der Waals surface area (Å²) in [7, 11) is 5.94. The van der Waals surface area contributed by atoms with Crippen molar-refractivity contribution in [1.82, 2.24) is 40.4 Å². The first-order valence-electron chi connectivity index (χ1n) is 21.9. The van der Waals surface area contributed by atoms with E-state index in [1.165, 1.54) is 14.2 Å². The fourth-order valence-corrected chi connectivity index (χ4v) is 12.2. The SMILES string of the molecule is COC(=O)NC(C(=O)N1CCC[C@H]1c1ncc(-c2cc3c(OC)c4sc(-c5cnc([C@@H]6CCCN6C(=O)[C@@H](NC(=O)OC)C6CCOCC6)[nH]5)cc4c(OC)c3s2)[nH]1)C1CCOCC1. The van der Waals surface area contributed by atoms with Crippen molar-refractivity contribution in [2.75, 3.05) is 68.0 Å². The number of nitrogens with one attached hydrogen (secondary N) is 4. The van der Waals surface area contributed by atoms with E-state index in [9.17, 15) is 19.2 Å². The highest BCUT2D eigenvalue weighted by molar-refractivity contribution is 7.24. The zero-order chi connectivity index (χ0) is 44.5. The minimum absolute atomic E-state index is 0.0558. The number of hydrogen-bond donors (Lipinski definition) is 4. The largest absolute Gasteiger partial charge is 0.495 e. The second kappa shape index (κ2) is 19.0. The van der Waals surface area contributed by atoms with E-state index in [0.717, 1.165) is 78.5 Å². The van der Waals surface area contributed by atoms with Crippen LogP contribution in [-0.2, 0) is 28.5 Å². The number of aromatic nitrogens is 4. The van der Waals surface area contributed by atoms with Gasteiger partial charge in [0.15, 0.2) is 0 Å². The quantitative estimate of drug-likeness (QED) is 0.105. The van der Waals surface area contributed by atoms with Crippen molar-refractivity contribution in [3.8, 4) is 32.6 Å². The highest BCUT2D eigenvalue weighted by Crippen LogP contribution is 2.52. The number of likely N-dealkylation sites (tertiary alicyclic amines) is 2. The molecule has 4 aromatic heterocycles. The van der Waals surface area contributed by atoms with Crippen LogP contribution in [0, 0.1) is 11.8 Å². The Balaban J connectivity index is 0.967. The van der Waals surface area contributed by atoms with Crippen molar-refractivity contribution >= 4 is 66.8 Å². The Morgan fingerprint density at radius 3 is 1.44 bits per heavy atom. The Bertz CT molecular complexity index is 2280. The van der Waals surface area contributed by atoms with Gasteiger partial charge in [-0.15, -0.1) is 22.7 Å². The highest BCUT2D eigenvalue weighted by atomic mass is 32.1. The van der Waals surface area contributed by atoms with Gasteiger partial charge in [0.05, 0.1) is 83.5 Å². The van der Waals surface area contributed by atoms with E-state index in [2.05, 4.69) is 32.7 Å². The average Bonchev–Trinajstić information content (AvgIpc) is 4.18. The van der Waals surface area contributed by atoms with Crippen LogP contribution in [0.1, 0.15) is 75.1 Å². The molecule has 5 aromatic rings. The van der Waals surface area contributed by atoms with Crippen molar-refractivity contribution in [2.45, 2.75) is 75.5 Å². The lowest BCUT2D eigenvalue weighted by atomic mass is 9.90. The number of thiophene rings is 2. The standard InChI is InChI=1S/C44H54N8O10S2/c1-57-35-25-19-31(27-21-45-39(47-27)29-7-5-13-51(29)41(53)33(49-43(55)59-3)23-9-15-61-16-10-23)64-38(25)36(58-2)26-20-32(63-37(26)35)28-22-46-40(48-28)30-8-6-14-52(30)42(54)34(50-44(56)60-4)24-11-17-62-18-12-24/h19-24,29-30,33-34H,5-18H2,1-4H3,(H,45,47)(H,46,48)(H,49,55)(H,50,56)/t29-,30-,33-,34?/m0/s1. The molecule has 4 N–H and O–H groups in total. The summed E-state index contributed by atoms with van der Waals surface area (Å²) in [6, 6.07) is 2.18. The molecule has 0 saturated carbocycles. The Morgan fingerprint density at radius 1 is 0.656 bits per heavy atom. The minimum atomic E-state index is -0.717. The smallest absolute Gasteiger partial charge is 0.407 e. The summed E-state index contributed by atoms with van der Waals surface area (Å²) in [6.07, 6.45) is 8.15. The predicted molar refractivity (Wildman–Crippen MR) is 239 cm³/mol. The maximum atomic E-state index is 14.1. The molecule has 342 valence electrons. The molecule has 64 heavy (non-hydrogen) atoms. The lowest BCUT2D eigenvalue weighted by Crippen LogP contribution is -2.53. The van der Waals surface area contributed by atoms with E-state index in [1.54, 1.807) is 49.3 Å². The van der Waals surface area contributed by atoms with E-state index in [-0.39, 0.29) is 35.7 Å². The van der Waals surface area contributed by atoms with Crippen molar-refractivity contribution in [3.05, 3.63) is 36.2 Å². The van der Waals surface area contributed by atoms with Crippen molar-refractivity contribution in [1.29, 1.82) is 0 Å². The van der Waals surface area contributed by atoms with Crippen LogP contribution in [0.15, 0.2) is 24.5 Å². The van der Waals surface area contributed by atoms with E-state index < -0.39 is 24.3 Å². The number of carbonyl (C=O) groups excluding carboxylic acids is 4. The van der Waals surface area contributed by atoms with Crippen molar-refractivity contribution in [2.24, 2.45) is 11.8 Å². The number of rotatable bonds is 12. The average molecular weight is 919 g/mol. The van der Waals surface area contributed by atoms with Gasteiger partial charge < -0.3 is 58.8 Å². The van der Waals surface area contributed by atoms with Crippen LogP contribution < -0.4 is 20.1 Å². The van der Waals surface area contributed by atoms with Crippen LogP contribution in [0.5, 0.6) is 11.5 Å². The second-order valence-electron chi connectivity index (χ2n) is 16.6. The third kappa shape index (κ3) is 8.35. The van der Waals surface area contributed by atoms with Gasteiger partial charge in [0.2, 0.25) is 11.8 Å². The molecule has 0 bridgehead atoms. The molecule has 4 aliphatic rings. The zero-order valence-electron chi connectivity index (χ0n) is 36.4. The first-order valence-corrected chi connectivity index (χ1v) is 23.5. The molecule has 4 atom stereocenters. The van der Waals surface area contributed by atoms with Gasteiger partial charge in [-0.3, -0.25) is 9.59 Å². The summed E-state index contributed by atoms with van der Waals surface area (Å²) in [5.74, 6) is 2.43. The van der Waals surface area contributed by atoms with Crippen LogP contribution in [0.25, 0.3) is 41.3 Å². The van der Waals surface area contributed by atoms with Crippen molar-refractivity contribution in [3.63, 3.8) is 0 Å². The van der Waals surface area contributed by atoms with Crippen LogP contribution in [0.2, 0.25) is 0 Å². The monoisotopic (exact) mass is 918 g/mol. The first kappa shape index (κ1) is 43.8. The number of ether oxygens (including phenoxy) is 6. The molecule has 20 heteroatoms. The van der Waals surface area contributed by atoms with Gasteiger partial charge in [-0.25, -0.2) is 19.6 Å². The summed E-state index contributed by atoms with van der Waals surface area (Å²) in [5.41, 5.74) is 1.61. The number of methoxy groups -OCH3 is 4. The number of nitrogens with zero attached hydrogens (tertiary/aromatic N) is 4. The van der Waals surface area contributed by atoms with Crippen LogP contribution in [0.4, 0.5) is 9.59 Å². The molecular weight excluding hydrogens is 865 g/mol. The first-order chi connectivity index (χ1) is 31.2. The molecule has 1 unspecified atom stereocenters. The van der Waals surface area contributed by atoms with Crippen LogP contribution >= 0.6 is 22.7 Å². The van der Waals surface area contributed by atoms with Gasteiger partial charge in [0.25, 0.3) is 0 Å². The normalized spacial score (nSPS) is 20.7. The summed E-state index contributed by atoms with van der Waals surface area (Å²) in [4.78, 5) is 75.2. The van der Waals surface area contributed by atoms with Crippen LogP contribution in [0.3, 0.4) is 0 Å². The zero-order valence-corrected chi connectivity index (χ0v) is 38.0. The number of fused-ring (bicyclic) bond motifs is 2. The molecule has 9 rings (SSSR count). The molecule has 4 amide bonds. The van der Waals surface area contributed by atoms with Crippen molar-refractivity contribution < 1.29 is 47.6 Å². The predicted octanol–water partition coefficient (Wildman–Crippen LogP) is 6.54. The van der Waals surface area contributed by atoms with Gasteiger partial charge in [0, 0.05) is 50.3 Å². The summed E-state index contributed by atoms with van der Waals surface area (Å²) in [5, 5.41) is 7.43. The summed E-state index contributed by atoms with van der Waals surface area (Å²) in [6.45, 7) is 3.29. The molecule has 4 aliphatic heterocycles. The summed E-state index contributed by atoms with van der Waals surface area (Å²) >= 11 is 3.13. The molecule has 1 aromatic carbocycles. The van der Waals surface area contributed by atoms with E-state index in [4.69, 9.17) is 38.4 Å². The van der Waals surface area contributed by atoms with E-state index in [0.29, 0.717) is 76.8 Å². The number of hydrogen-bond acceptors (Lipinski definition) is 14. The second-order valence-corrected chi connectivity index (χ2v) is 18.7. The lowest BCUT2D eigenvalue weighted by Gasteiger charge is -2.34. The Morgan fingerprint density at radius 2 is 1.06 bits per heavy atom. The number of imidazole rings is 2. The van der Waals surface area contributed by atoms with Gasteiger partial charge >= 0.3 is 12.2 Å².